The number of aryl methyl sites for hydroxylation is 1. The van der Waals surface area contributed by atoms with Crippen molar-refractivity contribution in [2.45, 2.75) is 24.7 Å². The minimum Gasteiger partial charge on any atom is -0.370 e. The lowest BCUT2D eigenvalue weighted by Crippen LogP contribution is -2.60. The Morgan fingerprint density at radius 2 is 1.96 bits per heavy atom. The number of benzene rings is 1. The molecule has 25 heavy (non-hydrogen) atoms. The number of nitrogens with one attached hydrogen (secondary N) is 2. The smallest absolute Gasteiger partial charge is 0.239 e. The molecule has 1 spiro atoms. The van der Waals surface area contributed by atoms with Crippen molar-refractivity contribution < 1.29 is 8.42 Å². The van der Waals surface area contributed by atoms with E-state index in [1.54, 1.807) is 13.0 Å². The highest BCUT2D eigenvalue weighted by molar-refractivity contribution is 7.89. The van der Waals surface area contributed by atoms with Crippen LogP contribution in [0.25, 0.3) is 11.4 Å². The quantitative estimate of drug-likeness (QED) is 0.700. The summed E-state index contributed by atoms with van der Waals surface area (Å²) >= 11 is 0. The van der Waals surface area contributed by atoms with Crippen molar-refractivity contribution in [3.63, 3.8) is 0 Å². The first-order chi connectivity index (χ1) is 11.9. The van der Waals surface area contributed by atoms with Crippen LogP contribution in [0.5, 0.6) is 0 Å². The van der Waals surface area contributed by atoms with E-state index in [1.165, 1.54) is 0 Å². The summed E-state index contributed by atoms with van der Waals surface area (Å²) in [6, 6.07) is 3.71. The van der Waals surface area contributed by atoms with E-state index < -0.39 is 10.0 Å². The fourth-order valence-electron chi connectivity index (χ4n) is 4.01. The molecule has 2 aliphatic rings. The van der Waals surface area contributed by atoms with Crippen molar-refractivity contribution in [1.29, 1.82) is 0 Å². The molecule has 10 heteroatoms. The molecule has 3 heterocycles. The molecule has 0 amide bonds. The third-order valence-corrected chi connectivity index (χ3v) is 6.35. The van der Waals surface area contributed by atoms with Gasteiger partial charge in [0.2, 0.25) is 10.0 Å². The van der Waals surface area contributed by atoms with Crippen LogP contribution in [0.1, 0.15) is 18.4 Å². The summed E-state index contributed by atoms with van der Waals surface area (Å²) in [5.41, 5.74) is 2.15. The van der Waals surface area contributed by atoms with Gasteiger partial charge in [0.25, 0.3) is 0 Å². The van der Waals surface area contributed by atoms with Gasteiger partial charge in [-0.3, -0.25) is 0 Å². The lowest BCUT2D eigenvalue weighted by atomic mass is 9.72. The minimum absolute atomic E-state index is 0.0785. The summed E-state index contributed by atoms with van der Waals surface area (Å²) in [5.74, 6) is 0.314. The van der Waals surface area contributed by atoms with E-state index in [1.807, 2.05) is 6.07 Å². The minimum atomic E-state index is -3.92. The SMILES string of the molecule is Cc1ccc(N2CC3(CCNCC3)C2)c(-c2nnn[nH]2)c1S(N)(=O)=O. The van der Waals surface area contributed by atoms with Crippen LogP contribution in [0.2, 0.25) is 0 Å². The molecule has 4 rings (SSSR count). The Morgan fingerprint density at radius 1 is 1.24 bits per heavy atom. The predicted molar refractivity (Wildman–Crippen MR) is 92.5 cm³/mol. The third-order valence-electron chi connectivity index (χ3n) is 5.26. The van der Waals surface area contributed by atoms with Gasteiger partial charge >= 0.3 is 0 Å². The van der Waals surface area contributed by atoms with E-state index in [0.29, 0.717) is 22.4 Å². The highest BCUT2D eigenvalue weighted by atomic mass is 32.2. The molecule has 0 aliphatic carbocycles. The van der Waals surface area contributed by atoms with Gasteiger partial charge in [-0.05, 0) is 54.9 Å². The van der Waals surface area contributed by atoms with E-state index in [0.717, 1.165) is 44.7 Å². The number of hydrogen-bond donors (Lipinski definition) is 3. The van der Waals surface area contributed by atoms with Crippen LogP contribution in [0.15, 0.2) is 17.0 Å². The highest BCUT2D eigenvalue weighted by Gasteiger charge is 2.44. The lowest BCUT2D eigenvalue weighted by Gasteiger charge is -2.54. The number of aromatic amines is 1. The Hall–Kier alpha value is -2.04. The van der Waals surface area contributed by atoms with Crippen molar-refractivity contribution in [3.05, 3.63) is 17.7 Å². The van der Waals surface area contributed by atoms with Crippen LogP contribution >= 0.6 is 0 Å². The molecule has 0 radical (unpaired) electrons. The van der Waals surface area contributed by atoms with Crippen LogP contribution in [0.3, 0.4) is 0 Å². The first-order valence-electron chi connectivity index (χ1n) is 8.26. The molecule has 0 saturated carbocycles. The molecule has 1 aromatic carbocycles. The maximum Gasteiger partial charge on any atom is 0.239 e. The van der Waals surface area contributed by atoms with Crippen molar-refractivity contribution in [1.82, 2.24) is 25.9 Å². The molecule has 2 saturated heterocycles. The molecule has 2 aromatic rings. The highest BCUT2D eigenvalue weighted by Crippen LogP contribution is 2.45. The van der Waals surface area contributed by atoms with Crippen LogP contribution < -0.4 is 15.4 Å². The van der Waals surface area contributed by atoms with Crippen LogP contribution in [-0.2, 0) is 10.0 Å². The maximum atomic E-state index is 12.2. The third kappa shape index (κ3) is 2.79. The van der Waals surface area contributed by atoms with Crippen LogP contribution in [-0.4, -0.2) is 55.2 Å². The molecule has 4 N–H and O–H groups in total. The second-order valence-electron chi connectivity index (χ2n) is 7.01. The van der Waals surface area contributed by atoms with Gasteiger partial charge in [-0.2, -0.15) is 0 Å². The Bertz CT molecular complexity index is 881. The van der Waals surface area contributed by atoms with Crippen molar-refractivity contribution in [2.75, 3.05) is 31.1 Å². The van der Waals surface area contributed by atoms with Crippen molar-refractivity contribution in [2.24, 2.45) is 10.6 Å². The molecule has 0 atom stereocenters. The van der Waals surface area contributed by atoms with Crippen molar-refractivity contribution in [3.8, 4) is 11.4 Å². The van der Waals surface area contributed by atoms with E-state index in [-0.39, 0.29) is 4.90 Å². The van der Waals surface area contributed by atoms with E-state index >= 15 is 0 Å². The number of hydrogen-bond acceptors (Lipinski definition) is 7. The summed E-state index contributed by atoms with van der Waals surface area (Å²) in [6.45, 7) is 5.58. The Balaban J connectivity index is 1.79. The molecular formula is C15H21N7O2S. The Kier molecular flexibility index (Phi) is 3.78. The average molecular weight is 363 g/mol. The fourth-order valence-corrected chi connectivity index (χ4v) is 5.01. The molecule has 1 aromatic heterocycles. The fraction of sp³-hybridized carbons (Fsp3) is 0.533. The first-order valence-corrected chi connectivity index (χ1v) is 9.80. The normalized spacial score (nSPS) is 19.8. The summed E-state index contributed by atoms with van der Waals surface area (Å²) in [6.07, 6.45) is 2.27. The molecule has 134 valence electrons. The molecule has 9 nitrogen and oxygen atoms in total. The first kappa shape index (κ1) is 16.4. The molecule has 0 bridgehead atoms. The van der Waals surface area contributed by atoms with E-state index in [2.05, 4.69) is 30.8 Å². The number of sulfonamides is 1. The van der Waals surface area contributed by atoms with Gasteiger partial charge in [-0.1, -0.05) is 6.07 Å². The number of nitrogens with zero attached hydrogens (tertiary/aromatic N) is 4. The standard InChI is InChI=1S/C15H21N7O2S/c1-10-2-3-11(22-8-15(9-22)4-6-17-7-5-15)12(13(10)25(16,23)24)14-18-20-21-19-14/h2-3,17H,4-9H2,1H3,(H2,16,23,24)(H,18,19,20,21). The number of nitrogens with two attached hydrogens (primary N) is 1. The second-order valence-corrected chi connectivity index (χ2v) is 8.50. The number of H-pyrrole nitrogens is 1. The van der Waals surface area contributed by atoms with Gasteiger partial charge in [0.1, 0.15) is 0 Å². The zero-order valence-electron chi connectivity index (χ0n) is 14.0. The zero-order chi connectivity index (χ0) is 17.7. The largest absolute Gasteiger partial charge is 0.370 e. The van der Waals surface area contributed by atoms with Gasteiger partial charge in [0.15, 0.2) is 5.82 Å². The summed E-state index contributed by atoms with van der Waals surface area (Å²) in [4.78, 5) is 2.27. The molecule has 0 unspecified atom stereocenters. The molecule has 2 fully saturated rings. The van der Waals surface area contributed by atoms with Gasteiger partial charge in [-0.25, -0.2) is 18.7 Å². The molecular weight excluding hydrogens is 342 g/mol. The monoisotopic (exact) mass is 363 g/mol. The predicted octanol–water partition coefficient (Wildman–Crippen LogP) is 0.0123. The second kappa shape index (κ2) is 5.75. The number of rotatable bonds is 3. The average Bonchev–Trinajstić information content (AvgIpc) is 3.06. The van der Waals surface area contributed by atoms with Gasteiger partial charge in [0, 0.05) is 24.2 Å². The summed E-state index contributed by atoms with van der Waals surface area (Å²) in [5, 5.41) is 22.7. The molecule has 2 aliphatic heterocycles. The van der Waals surface area contributed by atoms with Crippen LogP contribution in [0.4, 0.5) is 5.69 Å². The van der Waals surface area contributed by atoms with E-state index in [4.69, 9.17) is 5.14 Å². The van der Waals surface area contributed by atoms with Gasteiger partial charge < -0.3 is 10.2 Å². The number of tetrazole rings is 1. The zero-order valence-corrected chi connectivity index (χ0v) is 14.8. The number of anilines is 1. The number of piperidine rings is 1. The van der Waals surface area contributed by atoms with Gasteiger partial charge in [0.05, 0.1) is 10.5 Å². The van der Waals surface area contributed by atoms with Crippen LogP contribution in [0, 0.1) is 12.3 Å². The number of primary sulfonamides is 1. The summed E-state index contributed by atoms with van der Waals surface area (Å²) < 4.78 is 24.4. The van der Waals surface area contributed by atoms with E-state index in [9.17, 15) is 8.42 Å². The lowest BCUT2D eigenvalue weighted by molar-refractivity contribution is 0.150. The van der Waals surface area contributed by atoms with Gasteiger partial charge in [-0.15, -0.1) is 5.10 Å². The summed E-state index contributed by atoms with van der Waals surface area (Å²) in [7, 11) is -3.92. The maximum absolute atomic E-state index is 12.2. The number of aromatic nitrogens is 4. The topological polar surface area (TPSA) is 130 Å². The Labute approximate surface area is 146 Å². The van der Waals surface area contributed by atoms with Crippen molar-refractivity contribution >= 4 is 15.7 Å². The Morgan fingerprint density at radius 3 is 2.56 bits per heavy atom.